The molecule has 0 spiro atoms. The van der Waals surface area contributed by atoms with E-state index < -0.39 is 7.44 Å². The zero-order chi connectivity index (χ0) is 20.4. The minimum absolute atomic E-state index is 0.131. The molecule has 30 heavy (non-hydrogen) atoms. The number of quaternary nitrogens is 1. The number of nitrogens with one attached hydrogen (secondary N) is 2. The van der Waals surface area contributed by atoms with E-state index in [0.717, 1.165) is 24.2 Å². The molecule has 9 heteroatoms. The Morgan fingerprint density at radius 2 is 1.43 bits per heavy atom. The zero-order valence-corrected chi connectivity index (χ0v) is 18.3. The molecule has 8 nitrogen and oxygen atoms in total. The first-order valence-electron chi connectivity index (χ1n) is 11.0. The van der Waals surface area contributed by atoms with E-state index in [1.54, 1.807) is 0 Å². The molecule has 3 aliphatic rings. The Morgan fingerprint density at radius 1 is 0.867 bits per heavy atom. The number of rotatable bonds is 5. The molecule has 1 aromatic heterocycles. The van der Waals surface area contributed by atoms with Crippen molar-refractivity contribution in [3.05, 3.63) is 36.0 Å². The lowest BCUT2D eigenvalue weighted by Gasteiger charge is -2.47. The number of fused-ring (bicyclic) bond motifs is 1. The van der Waals surface area contributed by atoms with Crippen LogP contribution in [0.1, 0.15) is 11.3 Å². The van der Waals surface area contributed by atoms with Crippen molar-refractivity contribution in [2.75, 3.05) is 78.9 Å². The fourth-order valence-electron chi connectivity index (χ4n) is 5.05. The smallest absolute Gasteiger partial charge is 0.277 e. The van der Waals surface area contributed by atoms with Crippen molar-refractivity contribution >= 4 is 18.3 Å². The molecule has 0 unspecified atom stereocenters. The summed E-state index contributed by atoms with van der Waals surface area (Å²) in [5.74, 6) is -0.131. The molecule has 0 radical (unpaired) electrons. The summed E-state index contributed by atoms with van der Waals surface area (Å²) >= 11 is 0. The SMILES string of the molecule is O=P([C@@H](c1c[nH]c2ccccc12)[NH+]1CCOCC1)(N1CCOCC1)N1CCOCC1. The van der Waals surface area contributed by atoms with Gasteiger partial charge in [0.15, 0.2) is 5.78 Å². The summed E-state index contributed by atoms with van der Waals surface area (Å²) < 4.78 is 36.7. The third kappa shape index (κ3) is 3.75. The third-order valence-electron chi connectivity index (χ3n) is 6.56. The van der Waals surface area contributed by atoms with E-state index in [1.165, 1.54) is 10.3 Å². The van der Waals surface area contributed by atoms with Crippen LogP contribution in [0.2, 0.25) is 0 Å². The number of aromatic amines is 1. The number of benzene rings is 1. The molecular formula is C21H32N4O4P+. The Labute approximate surface area is 177 Å². The van der Waals surface area contributed by atoms with Crippen molar-refractivity contribution in [1.29, 1.82) is 0 Å². The van der Waals surface area contributed by atoms with Gasteiger partial charge in [-0.15, -0.1) is 0 Å². The summed E-state index contributed by atoms with van der Waals surface area (Å²) in [6.45, 7) is 8.50. The van der Waals surface area contributed by atoms with E-state index in [4.69, 9.17) is 14.2 Å². The van der Waals surface area contributed by atoms with Crippen LogP contribution in [0.5, 0.6) is 0 Å². The molecule has 164 valence electrons. The van der Waals surface area contributed by atoms with E-state index in [2.05, 4.69) is 38.7 Å². The number of aromatic nitrogens is 1. The van der Waals surface area contributed by atoms with Gasteiger partial charge in [0, 0.05) is 48.8 Å². The molecule has 0 amide bonds. The van der Waals surface area contributed by atoms with Crippen molar-refractivity contribution in [2.24, 2.45) is 0 Å². The van der Waals surface area contributed by atoms with E-state index >= 15 is 4.57 Å². The van der Waals surface area contributed by atoms with Gasteiger partial charge in [-0.3, -0.25) is 4.57 Å². The normalized spacial score (nSPS) is 24.3. The number of hydrogen-bond acceptors (Lipinski definition) is 4. The van der Waals surface area contributed by atoms with E-state index in [9.17, 15) is 0 Å². The van der Waals surface area contributed by atoms with E-state index in [0.29, 0.717) is 65.8 Å². The van der Waals surface area contributed by atoms with Crippen LogP contribution in [0.25, 0.3) is 10.9 Å². The minimum atomic E-state index is -2.95. The van der Waals surface area contributed by atoms with Gasteiger partial charge >= 0.3 is 0 Å². The number of para-hydroxylation sites is 1. The molecular weight excluding hydrogens is 403 g/mol. The van der Waals surface area contributed by atoms with Gasteiger partial charge in [0.05, 0.1) is 39.6 Å². The molecule has 0 saturated carbocycles. The molecule has 1 aromatic carbocycles. The standard InChI is InChI=1S/C21H31N4O4P/c26-30(24-7-13-28-14-8-24,25-9-15-29-16-10-25)21(23-5-11-27-12-6-23)19-17-22-20-4-2-1-3-18(19)20/h1-4,17,21-22H,5-16H2/p+1/t21-/m0/s1. The van der Waals surface area contributed by atoms with Crippen LogP contribution >= 0.6 is 7.44 Å². The van der Waals surface area contributed by atoms with Gasteiger partial charge in [-0.2, -0.15) is 0 Å². The average molecular weight is 435 g/mol. The molecule has 1 atom stereocenters. The summed E-state index contributed by atoms with van der Waals surface area (Å²) in [6, 6.07) is 8.36. The molecule has 2 N–H and O–H groups in total. The maximum atomic E-state index is 15.3. The molecule has 3 aliphatic heterocycles. The first-order valence-corrected chi connectivity index (χ1v) is 12.7. The van der Waals surface area contributed by atoms with Crippen molar-refractivity contribution in [3.63, 3.8) is 0 Å². The second kappa shape index (κ2) is 9.09. The summed E-state index contributed by atoms with van der Waals surface area (Å²) in [5, 5.41) is 1.17. The monoisotopic (exact) mass is 435 g/mol. The Kier molecular flexibility index (Phi) is 6.25. The molecule has 5 rings (SSSR count). The highest BCUT2D eigenvalue weighted by molar-refractivity contribution is 7.59. The largest absolute Gasteiger partial charge is 0.379 e. The number of hydrogen-bond donors (Lipinski definition) is 2. The third-order valence-corrected chi connectivity index (χ3v) is 10.3. The highest BCUT2D eigenvalue weighted by Crippen LogP contribution is 2.62. The average Bonchev–Trinajstić information content (AvgIpc) is 3.25. The van der Waals surface area contributed by atoms with Crippen LogP contribution in [-0.4, -0.2) is 93.2 Å². The van der Waals surface area contributed by atoms with Gasteiger partial charge in [-0.05, 0) is 6.07 Å². The van der Waals surface area contributed by atoms with E-state index in [-0.39, 0.29) is 5.78 Å². The Hall–Kier alpha value is -1.25. The Morgan fingerprint density at radius 3 is 2.07 bits per heavy atom. The predicted molar refractivity (Wildman–Crippen MR) is 115 cm³/mol. The number of ether oxygens (including phenoxy) is 3. The molecule has 2 aromatic rings. The Bertz CT molecular complexity index is 866. The fourth-order valence-corrected chi connectivity index (χ4v) is 8.85. The minimum Gasteiger partial charge on any atom is -0.379 e. The Balaban J connectivity index is 1.64. The quantitative estimate of drug-likeness (QED) is 0.682. The van der Waals surface area contributed by atoms with Crippen LogP contribution in [-0.2, 0) is 18.8 Å². The highest BCUT2D eigenvalue weighted by Gasteiger charge is 2.52. The van der Waals surface area contributed by atoms with Crippen LogP contribution in [0.4, 0.5) is 0 Å². The predicted octanol–water partition coefficient (Wildman–Crippen LogP) is 0.939. The topological polar surface area (TPSA) is 71.5 Å². The second-order valence-electron chi connectivity index (χ2n) is 8.18. The van der Waals surface area contributed by atoms with Gasteiger partial charge in [0.2, 0.25) is 0 Å². The second-order valence-corrected chi connectivity index (χ2v) is 11.0. The van der Waals surface area contributed by atoms with Gasteiger partial charge in [-0.1, -0.05) is 18.2 Å². The van der Waals surface area contributed by atoms with Crippen LogP contribution < -0.4 is 4.90 Å². The number of H-pyrrole nitrogens is 1. The summed E-state index contributed by atoms with van der Waals surface area (Å²) in [7, 11) is -2.95. The van der Waals surface area contributed by atoms with E-state index in [1.807, 2.05) is 6.07 Å². The van der Waals surface area contributed by atoms with Crippen LogP contribution in [0.15, 0.2) is 30.5 Å². The highest BCUT2D eigenvalue weighted by atomic mass is 31.2. The maximum absolute atomic E-state index is 15.3. The van der Waals surface area contributed by atoms with Crippen molar-refractivity contribution < 1.29 is 23.7 Å². The van der Waals surface area contributed by atoms with Gasteiger partial charge < -0.3 is 24.1 Å². The number of nitrogens with zero attached hydrogens (tertiary/aromatic N) is 2. The van der Waals surface area contributed by atoms with Crippen LogP contribution in [0.3, 0.4) is 0 Å². The molecule has 0 aliphatic carbocycles. The lowest BCUT2D eigenvalue weighted by molar-refractivity contribution is -0.925. The first kappa shape index (κ1) is 20.6. The molecule has 3 fully saturated rings. The number of morpholine rings is 3. The fraction of sp³-hybridized carbons (Fsp3) is 0.619. The van der Waals surface area contributed by atoms with Gasteiger partial charge in [-0.25, -0.2) is 9.34 Å². The van der Waals surface area contributed by atoms with Crippen molar-refractivity contribution in [2.45, 2.75) is 5.78 Å². The van der Waals surface area contributed by atoms with Crippen molar-refractivity contribution in [1.82, 2.24) is 14.3 Å². The molecule has 4 heterocycles. The van der Waals surface area contributed by atoms with Crippen molar-refractivity contribution in [3.8, 4) is 0 Å². The summed E-state index contributed by atoms with van der Waals surface area (Å²) in [4.78, 5) is 4.79. The lowest BCUT2D eigenvalue weighted by Crippen LogP contribution is -3.14. The van der Waals surface area contributed by atoms with Gasteiger partial charge in [0.1, 0.15) is 13.1 Å². The van der Waals surface area contributed by atoms with Crippen LogP contribution in [0, 0.1) is 0 Å². The zero-order valence-electron chi connectivity index (χ0n) is 17.4. The molecule has 3 saturated heterocycles. The lowest BCUT2D eigenvalue weighted by atomic mass is 10.1. The first-order chi connectivity index (χ1) is 14.8. The molecule has 0 bridgehead atoms. The van der Waals surface area contributed by atoms with Gasteiger partial charge in [0.25, 0.3) is 7.44 Å². The summed E-state index contributed by atoms with van der Waals surface area (Å²) in [5.41, 5.74) is 2.25. The maximum Gasteiger partial charge on any atom is 0.277 e. The summed E-state index contributed by atoms with van der Waals surface area (Å²) in [6.07, 6.45) is 2.09.